The number of aromatic nitrogens is 1. The fourth-order valence-corrected chi connectivity index (χ4v) is 4.84. The highest BCUT2D eigenvalue weighted by Gasteiger charge is 2.26. The molecule has 4 heteroatoms. The third kappa shape index (κ3) is 5.29. The Kier molecular flexibility index (Phi) is 7.17. The molecule has 0 bridgehead atoms. The lowest BCUT2D eigenvalue weighted by Gasteiger charge is -2.31. The largest absolute Gasteiger partial charge is 0.363 e. The summed E-state index contributed by atoms with van der Waals surface area (Å²) in [6.45, 7) is 4.37. The van der Waals surface area contributed by atoms with E-state index in [0.717, 1.165) is 60.4 Å². The predicted octanol–water partition coefficient (Wildman–Crippen LogP) is 6.04. The van der Waals surface area contributed by atoms with Crippen LogP contribution in [0.5, 0.6) is 0 Å². The van der Waals surface area contributed by atoms with Crippen molar-refractivity contribution in [1.82, 2.24) is 9.88 Å². The van der Waals surface area contributed by atoms with E-state index in [0.29, 0.717) is 0 Å². The number of fused-ring (bicyclic) bond motifs is 1. The highest BCUT2D eigenvalue weighted by Crippen LogP contribution is 2.35. The van der Waals surface area contributed by atoms with Gasteiger partial charge in [0.15, 0.2) is 0 Å². The number of benzene rings is 2. The molecule has 0 spiro atoms. The summed E-state index contributed by atoms with van der Waals surface area (Å²) in [4.78, 5) is 7.31. The predicted molar refractivity (Wildman–Crippen MR) is 126 cm³/mol. The Morgan fingerprint density at radius 2 is 2.00 bits per heavy atom. The van der Waals surface area contributed by atoms with Crippen molar-refractivity contribution in [3.63, 3.8) is 0 Å². The van der Waals surface area contributed by atoms with Crippen LogP contribution in [0.25, 0.3) is 10.2 Å². The average Bonchev–Trinajstić information content (AvgIpc) is 3.20. The van der Waals surface area contributed by atoms with E-state index in [-0.39, 0.29) is 12.2 Å². The fraction of sp³-hybridized carbons (Fsp3) is 0.423. The number of para-hydroxylation sites is 1. The van der Waals surface area contributed by atoms with Crippen LogP contribution in [0.1, 0.15) is 61.3 Å². The van der Waals surface area contributed by atoms with Crippen LogP contribution in [0.3, 0.4) is 0 Å². The molecule has 3 nitrogen and oxygen atoms in total. The van der Waals surface area contributed by atoms with Gasteiger partial charge in [-0.15, -0.1) is 11.3 Å². The van der Waals surface area contributed by atoms with E-state index >= 15 is 0 Å². The van der Waals surface area contributed by atoms with Gasteiger partial charge in [0.1, 0.15) is 11.1 Å². The topological polar surface area (TPSA) is 25.4 Å². The van der Waals surface area contributed by atoms with Gasteiger partial charge in [-0.25, -0.2) is 4.98 Å². The molecular weight excluding hydrogens is 388 g/mol. The van der Waals surface area contributed by atoms with Gasteiger partial charge in [-0.3, -0.25) is 0 Å². The van der Waals surface area contributed by atoms with Crippen molar-refractivity contribution in [2.75, 3.05) is 20.1 Å². The SMILES string of the molecule is CCCCC#Cc1cccc(C(OC2CCN(C)CC2)c2nc3ccccc3s2)c1. The molecule has 156 valence electrons. The molecule has 1 fully saturated rings. The third-order valence-corrected chi connectivity index (χ3v) is 6.69. The number of nitrogens with zero attached hydrogens (tertiary/aromatic N) is 2. The molecule has 0 N–H and O–H groups in total. The standard InChI is InChI=1S/C26H30N2OS/c1-3-4-5-6-10-20-11-9-12-21(19-20)25(29-22-15-17-28(2)18-16-22)26-27-23-13-7-8-14-24(23)30-26/h7-9,11-14,19,22,25H,3-5,15-18H2,1-2H3. The molecule has 30 heavy (non-hydrogen) atoms. The first-order valence-corrected chi connectivity index (χ1v) is 11.8. The quantitative estimate of drug-likeness (QED) is 0.360. The second-order valence-corrected chi connectivity index (χ2v) is 9.13. The van der Waals surface area contributed by atoms with E-state index < -0.39 is 0 Å². The van der Waals surface area contributed by atoms with Gasteiger partial charge in [0.25, 0.3) is 0 Å². The Bertz CT molecular complexity index is 991. The average molecular weight is 419 g/mol. The Balaban J connectivity index is 1.63. The zero-order valence-corrected chi connectivity index (χ0v) is 18.8. The molecular formula is C26H30N2OS. The molecule has 0 saturated carbocycles. The minimum atomic E-state index is -0.145. The van der Waals surface area contributed by atoms with Crippen molar-refractivity contribution in [2.45, 2.75) is 51.2 Å². The molecule has 4 rings (SSSR count). The number of hydrogen-bond acceptors (Lipinski definition) is 4. The van der Waals surface area contributed by atoms with Crippen LogP contribution in [0.4, 0.5) is 0 Å². The van der Waals surface area contributed by atoms with Crippen molar-refractivity contribution in [1.29, 1.82) is 0 Å². The number of thiazole rings is 1. The first-order valence-electron chi connectivity index (χ1n) is 11.0. The number of piperidine rings is 1. The van der Waals surface area contributed by atoms with Gasteiger partial charge in [-0.2, -0.15) is 0 Å². The molecule has 1 aromatic heterocycles. The minimum Gasteiger partial charge on any atom is -0.363 e. The monoisotopic (exact) mass is 418 g/mol. The van der Waals surface area contributed by atoms with Crippen LogP contribution in [0.15, 0.2) is 48.5 Å². The molecule has 1 unspecified atom stereocenters. The molecule has 1 atom stereocenters. The maximum absolute atomic E-state index is 6.71. The zero-order valence-electron chi connectivity index (χ0n) is 17.9. The first kappa shape index (κ1) is 21.1. The number of unbranched alkanes of at least 4 members (excludes halogenated alkanes) is 2. The van der Waals surface area contributed by atoms with Gasteiger partial charge < -0.3 is 9.64 Å². The second-order valence-electron chi connectivity index (χ2n) is 8.07. The van der Waals surface area contributed by atoms with Gasteiger partial charge in [0, 0.05) is 25.1 Å². The van der Waals surface area contributed by atoms with E-state index in [9.17, 15) is 0 Å². The van der Waals surface area contributed by atoms with Crippen LogP contribution in [0.2, 0.25) is 0 Å². The Hall–Kier alpha value is -2.19. The van der Waals surface area contributed by atoms with Crippen LogP contribution >= 0.6 is 11.3 Å². The van der Waals surface area contributed by atoms with Crippen LogP contribution in [-0.2, 0) is 4.74 Å². The number of rotatable bonds is 6. The molecule has 1 saturated heterocycles. The molecule has 3 aromatic rings. The summed E-state index contributed by atoms with van der Waals surface area (Å²) in [5.41, 5.74) is 3.25. The third-order valence-electron chi connectivity index (χ3n) is 5.61. The molecule has 1 aliphatic rings. The lowest BCUT2D eigenvalue weighted by atomic mass is 10.0. The lowest BCUT2D eigenvalue weighted by Crippen LogP contribution is -2.35. The van der Waals surface area contributed by atoms with Gasteiger partial charge in [0.2, 0.25) is 0 Å². The van der Waals surface area contributed by atoms with E-state index in [2.05, 4.69) is 73.2 Å². The van der Waals surface area contributed by atoms with Crippen molar-refractivity contribution in [3.05, 3.63) is 64.7 Å². The summed E-state index contributed by atoms with van der Waals surface area (Å²) >= 11 is 1.74. The van der Waals surface area contributed by atoms with E-state index in [1.54, 1.807) is 11.3 Å². The number of ether oxygens (including phenoxy) is 1. The highest BCUT2D eigenvalue weighted by molar-refractivity contribution is 7.18. The molecule has 0 amide bonds. The van der Waals surface area contributed by atoms with E-state index in [1.165, 1.54) is 11.1 Å². The number of hydrogen-bond donors (Lipinski definition) is 0. The van der Waals surface area contributed by atoms with Gasteiger partial charge in [-0.1, -0.05) is 49.5 Å². The zero-order chi connectivity index (χ0) is 20.8. The van der Waals surface area contributed by atoms with E-state index in [4.69, 9.17) is 9.72 Å². The van der Waals surface area contributed by atoms with Crippen molar-refractivity contribution in [2.24, 2.45) is 0 Å². The second kappa shape index (κ2) is 10.2. The first-order chi connectivity index (χ1) is 14.7. The lowest BCUT2D eigenvalue weighted by molar-refractivity contribution is -0.0234. The Labute approximate surface area is 184 Å². The molecule has 1 aliphatic heterocycles. The van der Waals surface area contributed by atoms with Crippen molar-refractivity contribution >= 4 is 21.6 Å². The summed E-state index contributed by atoms with van der Waals surface area (Å²) in [5.74, 6) is 6.64. The maximum Gasteiger partial charge on any atom is 0.134 e. The summed E-state index contributed by atoms with van der Waals surface area (Å²) in [5, 5.41) is 1.03. The molecule has 0 aliphatic carbocycles. The van der Waals surface area contributed by atoms with Crippen LogP contribution < -0.4 is 0 Å². The summed E-state index contributed by atoms with van der Waals surface area (Å²) < 4.78 is 7.92. The summed E-state index contributed by atoms with van der Waals surface area (Å²) in [7, 11) is 2.18. The van der Waals surface area contributed by atoms with E-state index in [1.807, 2.05) is 6.07 Å². The fourth-order valence-electron chi connectivity index (χ4n) is 3.80. The molecule has 0 radical (unpaired) electrons. The molecule has 2 heterocycles. The Morgan fingerprint density at radius 1 is 1.17 bits per heavy atom. The van der Waals surface area contributed by atoms with Gasteiger partial charge in [0.05, 0.1) is 16.3 Å². The highest BCUT2D eigenvalue weighted by atomic mass is 32.1. The normalized spacial score (nSPS) is 16.3. The van der Waals surface area contributed by atoms with Gasteiger partial charge >= 0.3 is 0 Å². The smallest absolute Gasteiger partial charge is 0.134 e. The Morgan fingerprint density at radius 3 is 2.80 bits per heavy atom. The van der Waals surface area contributed by atoms with Crippen molar-refractivity contribution in [3.8, 4) is 11.8 Å². The van der Waals surface area contributed by atoms with Gasteiger partial charge in [-0.05, 0) is 56.1 Å². The van der Waals surface area contributed by atoms with Crippen molar-refractivity contribution < 1.29 is 4.74 Å². The summed E-state index contributed by atoms with van der Waals surface area (Å²) in [6.07, 6.45) is 5.53. The van der Waals surface area contributed by atoms with Crippen LogP contribution in [-0.4, -0.2) is 36.1 Å². The van der Waals surface area contributed by atoms with Crippen LogP contribution in [0, 0.1) is 11.8 Å². The molecule has 2 aromatic carbocycles. The summed E-state index contributed by atoms with van der Waals surface area (Å²) in [6, 6.07) is 16.9. The maximum atomic E-state index is 6.71. The number of likely N-dealkylation sites (tertiary alicyclic amines) is 1. The minimum absolute atomic E-state index is 0.145.